The lowest BCUT2D eigenvalue weighted by Gasteiger charge is -2.10. The maximum absolute atomic E-state index is 13.2. The summed E-state index contributed by atoms with van der Waals surface area (Å²) in [5.41, 5.74) is 1.59. The number of ether oxygens (including phenoxy) is 1. The molecule has 2 nitrogen and oxygen atoms in total. The Balaban J connectivity index is 1.88. The maximum atomic E-state index is 13.2. The minimum absolute atomic E-state index is 0.221. The minimum Gasteiger partial charge on any atom is -0.487 e. The number of nitrogens with zero attached hydrogens (tertiary/aromatic N) is 1. The van der Waals surface area contributed by atoms with Gasteiger partial charge < -0.3 is 4.74 Å². The summed E-state index contributed by atoms with van der Waals surface area (Å²) in [5.74, 6) is 0.0789. The van der Waals surface area contributed by atoms with Crippen LogP contribution in [-0.4, -0.2) is 4.98 Å². The highest BCUT2D eigenvalue weighted by Gasteiger charge is 2.08. The SMILES string of the molecule is Fc1ccc(Br)c(OCc2cc3ccccc3nc2Cl)c1. The summed E-state index contributed by atoms with van der Waals surface area (Å²) in [7, 11) is 0. The van der Waals surface area contributed by atoms with Gasteiger partial charge in [-0.2, -0.15) is 0 Å². The van der Waals surface area contributed by atoms with E-state index in [-0.39, 0.29) is 12.4 Å². The van der Waals surface area contributed by atoms with Crippen LogP contribution in [0.3, 0.4) is 0 Å². The molecule has 0 aliphatic rings. The van der Waals surface area contributed by atoms with E-state index in [0.29, 0.717) is 15.4 Å². The van der Waals surface area contributed by atoms with Gasteiger partial charge in [0, 0.05) is 17.0 Å². The van der Waals surface area contributed by atoms with Gasteiger partial charge in [0.15, 0.2) is 0 Å². The standard InChI is InChI=1S/C16H10BrClFNO/c17-13-6-5-12(19)8-15(13)21-9-11-7-10-3-1-2-4-14(10)20-16(11)18/h1-8H,9H2. The topological polar surface area (TPSA) is 22.1 Å². The largest absolute Gasteiger partial charge is 0.487 e. The lowest BCUT2D eigenvalue weighted by Crippen LogP contribution is -1.99. The van der Waals surface area contributed by atoms with Crippen LogP contribution in [0.25, 0.3) is 10.9 Å². The van der Waals surface area contributed by atoms with Crippen LogP contribution < -0.4 is 4.74 Å². The summed E-state index contributed by atoms with van der Waals surface area (Å²) in [6.45, 7) is 0.221. The van der Waals surface area contributed by atoms with E-state index >= 15 is 0 Å². The summed E-state index contributed by atoms with van der Waals surface area (Å²) >= 11 is 9.49. The summed E-state index contributed by atoms with van der Waals surface area (Å²) in [6, 6.07) is 13.9. The van der Waals surface area contributed by atoms with E-state index in [0.717, 1.165) is 16.5 Å². The second-order valence-corrected chi connectivity index (χ2v) is 5.71. The summed E-state index contributed by atoms with van der Waals surface area (Å²) in [4.78, 5) is 4.33. The molecule has 5 heteroatoms. The molecule has 0 N–H and O–H groups in total. The van der Waals surface area contributed by atoms with Crippen LogP contribution in [0.2, 0.25) is 5.15 Å². The summed E-state index contributed by atoms with van der Waals surface area (Å²) in [5, 5.41) is 1.38. The first kappa shape index (κ1) is 14.3. The molecule has 21 heavy (non-hydrogen) atoms. The molecule has 1 aromatic heterocycles. The fraction of sp³-hybridized carbons (Fsp3) is 0.0625. The molecule has 3 rings (SSSR count). The quantitative estimate of drug-likeness (QED) is 0.581. The minimum atomic E-state index is -0.351. The highest BCUT2D eigenvalue weighted by Crippen LogP contribution is 2.28. The van der Waals surface area contributed by atoms with E-state index < -0.39 is 0 Å². The van der Waals surface area contributed by atoms with Crippen LogP contribution >= 0.6 is 27.5 Å². The van der Waals surface area contributed by atoms with Crippen molar-refractivity contribution >= 4 is 38.4 Å². The molecule has 0 atom stereocenters. The molecule has 0 saturated heterocycles. The number of fused-ring (bicyclic) bond motifs is 1. The first-order chi connectivity index (χ1) is 10.1. The average Bonchev–Trinajstić information content (AvgIpc) is 2.48. The van der Waals surface area contributed by atoms with Crippen LogP contribution in [0.15, 0.2) is 53.0 Å². The lowest BCUT2D eigenvalue weighted by molar-refractivity contribution is 0.302. The van der Waals surface area contributed by atoms with Gasteiger partial charge in [-0.05, 0) is 40.2 Å². The van der Waals surface area contributed by atoms with Gasteiger partial charge in [-0.3, -0.25) is 0 Å². The number of rotatable bonds is 3. The highest BCUT2D eigenvalue weighted by atomic mass is 79.9. The van der Waals surface area contributed by atoms with Gasteiger partial charge >= 0.3 is 0 Å². The number of para-hydroxylation sites is 1. The van der Waals surface area contributed by atoms with Crippen LogP contribution in [0, 0.1) is 5.82 Å². The fourth-order valence-corrected chi connectivity index (χ4v) is 2.54. The first-order valence-corrected chi connectivity index (χ1v) is 7.42. The van der Waals surface area contributed by atoms with Crippen molar-refractivity contribution in [1.82, 2.24) is 4.98 Å². The number of benzene rings is 2. The second kappa shape index (κ2) is 6.00. The third kappa shape index (κ3) is 3.17. The predicted molar refractivity (Wildman–Crippen MR) is 85.2 cm³/mol. The van der Waals surface area contributed by atoms with E-state index in [1.165, 1.54) is 12.1 Å². The van der Waals surface area contributed by atoms with E-state index in [1.807, 2.05) is 30.3 Å². The summed E-state index contributed by atoms with van der Waals surface area (Å²) in [6.07, 6.45) is 0. The second-order valence-electron chi connectivity index (χ2n) is 4.49. The Hall–Kier alpha value is -1.65. The monoisotopic (exact) mass is 365 g/mol. The predicted octanol–water partition coefficient (Wildman–Crippen LogP) is 5.37. The zero-order valence-corrected chi connectivity index (χ0v) is 13.2. The third-order valence-electron chi connectivity index (χ3n) is 3.03. The van der Waals surface area contributed by atoms with Gasteiger partial charge in [0.2, 0.25) is 0 Å². The Kier molecular flexibility index (Phi) is 4.08. The van der Waals surface area contributed by atoms with Crippen LogP contribution in [0.4, 0.5) is 4.39 Å². The van der Waals surface area contributed by atoms with Crippen molar-refractivity contribution in [2.75, 3.05) is 0 Å². The number of hydrogen-bond donors (Lipinski definition) is 0. The number of aromatic nitrogens is 1. The number of pyridine rings is 1. The third-order valence-corrected chi connectivity index (χ3v) is 4.01. The van der Waals surface area contributed by atoms with E-state index in [2.05, 4.69) is 20.9 Å². The van der Waals surface area contributed by atoms with Crippen molar-refractivity contribution in [2.45, 2.75) is 6.61 Å². The molecular formula is C16H10BrClFNO. The van der Waals surface area contributed by atoms with Crippen molar-refractivity contribution in [1.29, 1.82) is 0 Å². The smallest absolute Gasteiger partial charge is 0.136 e. The molecule has 0 spiro atoms. The Morgan fingerprint density at radius 1 is 1.14 bits per heavy atom. The van der Waals surface area contributed by atoms with Crippen LogP contribution in [0.1, 0.15) is 5.56 Å². The van der Waals surface area contributed by atoms with Gasteiger partial charge in [0.05, 0.1) is 9.99 Å². The first-order valence-electron chi connectivity index (χ1n) is 6.25. The molecule has 0 aliphatic heterocycles. The van der Waals surface area contributed by atoms with Crippen molar-refractivity contribution in [3.63, 3.8) is 0 Å². The van der Waals surface area contributed by atoms with Crippen molar-refractivity contribution in [2.24, 2.45) is 0 Å². The molecule has 3 aromatic rings. The molecule has 0 amide bonds. The molecule has 0 saturated carbocycles. The molecule has 1 heterocycles. The van der Waals surface area contributed by atoms with Crippen molar-refractivity contribution in [3.05, 3.63) is 69.5 Å². The van der Waals surface area contributed by atoms with Crippen LogP contribution in [0.5, 0.6) is 5.75 Å². The van der Waals surface area contributed by atoms with E-state index in [9.17, 15) is 4.39 Å². The molecule has 0 bridgehead atoms. The molecular weight excluding hydrogens is 357 g/mol. The molecule has 106 valence electrons. The van der Waals surface area contributed by atoms with Crippen molar-refractivity contribution < 1.29 is 9.13 Å². The Morgan fingerprint density at radius 3 is 2.81 bits per heavy atom. The van der Waals surface area contributed by atoms with Gasteiger partial charge in [-0.25, -0.2) is 9.37 Å². The summed E-state index contributed by atoms with van der Waals surface area (Å²) < 4.78 is 19.5. The van der Waals surface area contributed by atoms with Gasteiger partial charge in [-0.1, -0.05) is 29.8 Å². The molecule has 0 fully saturated rings. The zero-order valence-electron chi connectivity index (χ0n) is 10.8. The Bertz CT molecular complexity index is 809. The Labute approximate surface area is 134 Å². The van der Waals surface area contributed by atoms with Gasteiger partial charge in [0.25, 0.3) is 0 Å². The van der Waals surface area contributed by atoms with Gasteiger partial charge in [0.1, 0.15) is 23.3 Å². The van der Waals surface area contributed by atoms with E-state index in [4.69, 9.17) is 16.3 Å². The molecule has 0 aliphatic carbocycles. The molecule has 2 aromatic carbocycles. The normalized spacial score (nSPS) is 10.8. The van der Waals surface area contributed by atoms with Crippen LogP contribution in [-0.2, 0) is 6.61 Å². The molecule has 0 radical (unpaired) electrons. The Morgan fingerprint density at radius 2 is 1.95 bits per heavy atom. The zero-order chi connectivity index (χ0) is 14.8. The van der Waals surface area contributed by atoms with Gasteiger partial charge in [-0.15, -0.1) is 0 Å². The van der Waals surface area contributed by atoms with Crippen molar-refractivity contribution in [3.8, 4) is 5.75 Å². The lowest BCUT2D eigenvalue weighted by atomic mass is 10.2. The average molecular weight is 367 g/mol. The fourth-order valence-electron chi connectivity index (χ4n) is 1.98. The maximum Gasteiger partial charge on any atom is 0.136 e. The number of halogens is 3. The molecule has 0 unspecified atom stereocenters. The number of hydrogen-bond acceptors (Lipinski definition) is 2. The highest BCUT2D eigenvalue weighted by molar-refractivity contribution is 9.10. The van der Waals surface area contributed by atoms with E-state index in [1.54, 1.807) is 6.07 Å².